The minimum absolute atomic E-state index is 0.0748. The highest BCUT2D eigenvalue weighted by Gasteiger charge is 2.52. The van der Waals surface area contributed by atoms with Crippen LogP contribution >= 0.6 is 0 Å². The van der Waals surface area contributed by atoms with Crippen LogP contribution in [0.25, 0.3) is 0 Å². The fraction of sp³-hybridized carbons (Fsp3) is 0.600. The number of alkyl halides is 2. The van der Waals surface area contributed by atoms with E-state index in [1.165, 1.54) is 12.1 Å². The zero-order chi connectivity index (χ0) is 20.3. The van der Waals surface area contributed by atoms with Crippen molar-refractivity contribution < 1.29 is 32.2 Å². The van der Waals surface area contributed by atoms with E-state index < -0.39 is 17.8 Å². The van der Waals surface area contributed by atoms with Gasteiger partial charge >= 0.3 is 17.8 Å². The molecule has 1 saturated heterocycles. The van der Waals surface area contributed by atoms with E-state index in [-0.39, 0.29) is 37.3 Å². The van der Waals surface area contributed by atoms with Crippen molar-refractivity contribution in [2.24, 2.45) is 5.92 Å². The molecule has 1 aromatic carbocycles. The molecule has 1 amide bonds. The van der Waals surface area contributed by atoms with E-state index in [0.29, 0.717) is 12.2 Å². The second-order valence-corrected chi connectivity index (χ2v) is 7.45. The van der Waals surface area contributed by atoms with E-state index in [1.807, 2.05) is 0 Å². The molecule has 0 radical (unpaired) electrons. The van der Waals surface area contributed by atoms with E-state index in [2.05, 4.69) is 4.74 Å². The third-order valence-electron chi connectivity index (χ3n) is 5.52. The normalized spacial score (nSPS) is 20.4. The molecule has 1 aromatic rings. The standard InChI is InChI=1S/C20H24F3NO4/c1-27-19(26)20(22,23)18(25)24-9-8-13(11-24)12-28-17-7-6-15(21)10-16(17)14-4-2-3-5-14/h6-7,10,13-14H,2-5,8-9,11-12H2,1H3. The summed E-state index contributed by atoms with van der Waals surface area (Å²) < 4.78 is 51.1. The van der Waals surface area contributed by atoms with E-state index in [0.717, 1.165) is 43.3 Å². The summed E-state index contributed by atoms with van der Waals surface area (Å²) in [5.74, 6) is -7.16. The summed E-state index contributed by atoms with van der Waals surface area (Å²) in [6.07, 6.45) is 4.69. The average Bonchev–Trinajstić information content (AvgIpc) is 3.37. The van der Waals surface area contributed by atoms with Crippen LogP contribution in [0.15, 0.2) is 18.2 Å². The maximum absolute atomic E-state index is 13.8. The highest BCUT2D eigenvalue weighted by Crippen LogP contribution is 2.39. The maximum Gasteiger partial charge on any atom is 0.419 e. The van der Waals surface area contributed by atoms with Gasteiger partial charge in [0.25, 0.3) is 0 Å². The zero-order valence-corrected chi connectivity index (χ0v) is 15.8. The zero-order valence-electron chi connectivity index (χ0n) is 15.8. The Morgan fingerprint density at radius 2 is 1.93 bits per heavy atom. The first kappa shape index (κ1) is 20.5. The van der Waals surface area contributed by atoms with E-state index >= 15 is 0 Å². The van der Waals surface area contributed by atoms with Crippen LogP contribution < -0.4 is 4.74 Å². The van der Waals surface area contributed by atoms with Crippen LogP contribution in [0.3, 0.4) is 0 Å². The van der Waals surface area contributed by atoms with Gasteiger partial charge in [0.05, 0.1) is 13.7 Å². The van der Waals surface area contributed by atoms with Gasteiger partial charge in [0.15, 0.2) is 0 Å². The Morgan fingerprint density at radius 3 is 2.61 bits per heavy atom. The highest BCUT2D eigenvalue weighted by molar-refractivity contribution is 6.04. The van der Waals surface area contributed by atoms with Crippen molar-refractivity contribution in [2.45, 2.75) is 43.9 Å². The monoisotopic (exact) mass is 399 g/mol. The first-order valence-corrected chi connectivity index (χ1v) is 9.50. The summed E-state index contributed by atoms with van der Waals surface area (Å²) in [6, 6.07) is 4.45. The number of carbonyl (C=O) groups is 2. The summed E-state index contributed by atoms with van der Waals surface area (Å²) >= 11 is 0. The number of hydrogen-bond donors (Lipinski definition) is 0. The van der Waals surface area contributed by atoms with Crippen molar-refractivity contribution in [3.8, 4) is 5.75 Å². The van der Waals surface area contributed by atoms with Crippen molar-refractivity contribution in [1.82, 2.24) is 4.90 Å². The second-order valence-electron chi connectivity index (χ2n) is 7.45. The molecule has 2 aliphatic rings. The molecule has 3 rings (SSSR count). The first-order chi connectivity index (χ1) is 13.3. The largest absolute Gasteiger partial charge is 0.493 e. The van der Waals surface area contributed by atoms with E-state index in [9.17, 15) is 22.8 Å². The molecule has 1 aliphatic heterocycles. The van der Waals surface area contributed by atoms with E-state index in [4.69, 9.17) is 4.74 Å². The van der Waals surface area contributed by atoms with Crippen LogP contribution in [-0.2, 0) is 14.3 Å². The lowest BCUT2D eigenvalue weighted by molar-refractivity contribution is -0.180. The Bertz CT molecular complexity index is 734. The highest BCUT2D eigenvalue weighted by atomic mass is 19.3. The van der Waals surface area contributed by atoms with Crippen LogP contribution in [0, 0.1) is 11.7 Å². The van der Waals surface area contributed by atoms with Gasteiger partial charge in [0.1, 0.15) is 11.6 Å². The summed E-state index contributed by atoms with van der Waals surface area (Å²) in [5, 5.41) is 0. The molecule has 0 N–H and O–H groups in total. The van der Waals surface area contributed by atoms with Gasteiger partial charge in [-0.3, -0.25) is 4.79 Å². The molecule has 28 heavy (non-hydrogen) atoms. The van der Waals surface area contributed by atoms with Crippen molar-refractivity contribution in [3.63, 3.8) is 0 Å². The van der Waals surface area contributed by atoms with Gasteiger partial charge in [0, 0.05) is 24.6 Å². The summed E-state index contributed by atoms with van der Waals surface area (Å²) in [6.45, 7) is 0.433. The molecule has 5 nitrogen and oxygen atoms in total. The van der Waals surface area contributed by atoms with Crippen LogP contribution in [-0.4, -0.2) is 49.5 Å². The molecule has 8 heteroatoms. The summed E-state index contributed by atoms with van der Waals surface area (Å²) in [4.78, 5) is 24.1. The lowest BCUT2D eigenvalue weighted by Crippen LogP contribution is -2.48. The Hall–Kier alpha value is -2.25. The summed E-state index contributed by atoms with van der Waals surface area (Å²) in [7, 11) is 0.814. The van der Waals surface area contributed by atoms with Crippen molar-refractivity contribution >= 4 is 11.9 Å². The summed E-state index contributed by atoms with van der Waals surface area (Å²) in [5.41, 5.74) is 0.848. The molecule has 1 heterocycles. The molecule has 1 saturated carbocycles. The number of halogens is 3. The minimum Gasteiger partial charge on any atom is -0.493 e. The molecule has 0 spiro atoms. The SMILES string of the molecule is COC(=O)C(F)(F)C(=O)N1CCC(COc2ccc(F)cc2C2CCCC2)C1. The van der Waals surface area contributed by atoms with Crippen LogP contribution in [0.5, 0.6) is 5.75 Å². The van der Waals surface area contributed by atoms with Crippen LogP contribution in [0.2, 0.25) is 0 Å². The predicted molar refractivity (Wildman–Crippen MR) is 94.8 cm³/mol. The topological polar surface area (TPSA) is 55.8 Å². The van der Waals surface area contributed by atoms with E-state index in [1.54, 1.807) is 6.07 Å². The molecule has 0 bridgehead atoms. The number of carbonyl (C=O) groups excluding carboxylic acids is 2. The third kappa shape index (κ3) is 4.25. The lowest BCUT2D eigenvalue weighted by Gasteiger charge is -2.22. The Labute approximate surface area is 161 Å². The third-order valence-corrected chi connectivity index (χ3v) is 5.52. The van der Waals surface area contributed by atoms with Gasteiger partial charge in [-0.15, -0.1) is 0 Å². The number of likely N-dealkylation sites (tertiary alicyclic amines) is 1. The Morgan fingerprint density at radius 1 is 1.21 bits per heavy atom. The van der Waals surface area contributed by atoms with Gasteiger partial charge in [-0.25, -0.2) is 9.18 Å². The molecule has 1 atom stereocenters. The van der Waals surface area contributed by atoms with Crippen molar-refractivity contribution in [1.29, 1.82) is 0 Å². The lowest BCUT2D eigenvalue weighted by atomic mass is 9.96. The molecular weight excluding hydrogens is 375 g/mol. The molecule has 1 unspecified atom stereocenters. The fourth-order valence-electron chi connectivity index (χ4n) is 3.98. The number of nitrogens with zero attached hydrogens (tertiary/aromatic N) is 1. The number of esters is 1. The Kier molecular flexibility index (Phi) is 6.15. The molecular formula is C20H24F3NO4. The maximum atomic E-state index is 13.8. The fourth-order valence-corrected chi connectivity index (χ4v) is 3.98. The average molecular weight is 399 g/mol. The van der Waals surface area contributed by atoms with Crippen LogP contribution in [0.4, 0.5) is 13.2 Å². The van der Waals surface area contributed by atoms with Gasteiger partial charge < -0.3 is 14.4 Å². The first-order valence-electron chi connectivity index (χ1n) is 9.50. The Balaban J connectivity index is 1.60. The molecule has 1 aliphatic carbocycles. The quantitative estimate of drug-likeness (QED) is 0.543. The van der Waals surface area contributed by atoms with Gasteiger partial charge in [-0.2, -0.15) is 8.78 Å². The van der Waals surface area contributed by atoms with Crippen molar-refractivity contribution in [2.75, 3.05) is 26.8 Å². The number of benzene rings is 1. The van der Waals surface area contributed by atoms with Gasteiger partial charge in [-0.1, -0.05) is 12.8 Å². The van der Waals surface area contributed by atoms with Crippen LogP contribution in [0.1, 0.15) is 43.6 Å². The number of hydrogen-bond acceptors (Lipinski definition) is 4. The van der Waals surface area contributed by atoms with Crippen molar-refractivity contribution in [3.05, 3.63) is 29.6 Å². The second kappa shape index (κ2) is 8.41. The number of amides is 1. The number of rotatable bonds is 6. The molecule has 154 valence electrons. The smallest absolute Gasteiger partial charge is 0.419 e. The predicted octanol–water partition coefficient (Wildman–Crippen LogP) is 3.52. The molecule has 0 aromatic heterocycles. The molecule has 2 fully saturated rings. The minimum atomic E-state index is -4.18. The van der Waals surface area contributed by atoms with Gasteiger partial charge in [-0.05, 0) is 43.4 Å². The number of ether oxygens (including phenoxy) is 2. The van der Waals surface area contributed by atoms with Gasteiger partial charge in [0.2, 0.25) is 0 Å². The number of methoxy groups -OCH3 is 1.